The number of ether oxygens (including phenoxy) is 1. The summed E-state index contributed by atoms with van der Waals surface area (Å²) in [5.74, 6) is 0. The van der Waals surface area contributed by atoms with Crippen molar-refractivity contribution in [3.8, 4) is 0 Å². The van der Waals surface area contributed by atoms with Gasteiger partial charge in [0.05, 0.1) is 18.9 Å². The molecule has 2 rings (SSSR count). The molecule has 2 atom stereocenters. The molecule has 1 aromatic rings. The number of nitrogens with zero attached hydrogens (tertiary/aromatic N) is 3. The van der Waals surface area contributed by atoms with E-state index in [4.69, 9.17) is 10.5 Å². The molecule has 1 aliphatic heterocycles. The number of aryl methyl sites for hydroxylation is 2. The number of hydrogen-bond donors (Lipinski definition) is 1. The molecule has 0 aromatic carbocycles. The summed E-state index contributed by atoms with van der Waals surface area (Å²) >= 11 is 0. The van der Waals surface area contributed by atoms with Crippen LogP contribution in [-0.4, -0.2) is 52.6 Å². The van der Waals surface area contributed by atoms with Crippen LogP contribution in [0.3, 0.4) is 0 Å². The molecule has 0 bridgehead atoms. The van der Waals surface area contributed by atoms with Gasteiger partial charge in [-0.2, -0.15) is 5.10 Å². The lowest BCUT2D eigenvalue weighted by atomic mass is 9.84. The van der Waals surface area contributed by atoms with Crippen molar-refractivity contribution in [3.63, 3.8) is 0 Å². The number of aromatic nitrogens is 2. The summed E-state index contributed by atoms with van der Waals surface area (Å²) in [6.07, 6.45) is 1.91. The van der Waals surface area contributed by atoms with E-state index in [1.807, 2.05) is 18.7 Å². The van der Waals surface area contributed by atoms with Crippen molar-refractivity contribution in [3.05, 3.63) is 17.5 Å². The van der Waals surface area contributed by atoms with Crippen molar-refractivity contribution >= 4 is 0 Å². The third kappa shape index (κ3) is 3.05. The molecule has 1 fully saturated rings. The zero-order valence-electron chi connectivity index (χ0n) is 13.2. The first-order valence-electron chi connectivity index (χ1n) is 7.55. The Balaban J connectivity index is 2.11. The summed E-state index contributed by atoms with van der Waals surface area (Å²) in [5, 5.41) is 4.41. The number of nitrogens with two attached hydrogens (primary N) is 1. The van der Waals surface area contributed by atoms with Gasteiger partial charge < -0.3 is 10.5 Å². The molecule has 1 aromatic heterocycles. The van der Waals surface area contributed by atoms with Gasteiger partial charge in [-0.3, -0.25) is 9.58 Å². The second-order valence-electron chi connectivity index (χ2n) is 6.02. The lowest BCUT2D eigenvalue weighted by Crippen LogP contribution is -2.61. The zero-order valence-corrected chi connectivity index (χ0v) is 13.2. The SMILES string of the molecule is CCC(C)(C(N)Cc1cc(C)nn1C)N1CCOCC1. The molecule has 5 heteroatoms. The van der Waals surface area contributed by atoms with Crippen LogP contribution in [-0.2, 0) is 18.2 Å². The lowest BCUT2D eigenvalue weighted by molar-refractivity contribution is -0.0274. The molecule has 5 nitrogen and oxygen atoms in total. The van der Waals surface area contributed by atoms with Gasteiger partial charge in [0.1, 0.15) is 0 Å². The molecule has 1 aliphatic rings. The number of hydrogen-bond acceptors (Lipinski definition) is 4. The summed E-state index contributed by atoms with van der Waals surface area (Å²) in [6, 6.07) is 2.23. The van der Waals surface area contributed by atoms with Gasteiger partial charge in [0.2, 0.25) is 0 Å². The smallest absolute Gasteiger partial charge is 0.0596 e. The summed E-state index contributed by atoms with van der Waals surface area (Å²) in [6.45, 7) is 10.1. The van der Waals surface area contributed by atoms with Gasteiger partial charge in [-0.15, -0.1) is 0 Å². The van der Waals surface area contributed by atoms with E-state index in [1.54, 1.807) is 0 Å². The van der Waals surface area contributed by atoms with E-state index >= 15 is 0 Å². The maximum Gasteiger partial charge on any atom is 0.0596 e. The number of rotatable bonds is 5. The minimum absolute atomic E-state index is 0.0158. The van der Waals surface area contributed by atoms with Crippen LogP contribution >= 0.6 is 0 Å². The molecule has 2 heterocycles. The summed E-state index contributed by atoms with van der Waals surface area (Å²) in [5.41, 5.74) is 8.86. The standard InChI is InChI=1S/C15H28N4O/c1-5-15(3,19-6-8-20-9-7-19)14(16)11-13-10-12(2)17-18(13)4/h10,14H,5-9,11,16H2,1-4H3. The molecular weight excluding hydrogens is 252 g/mol. The highest BCUT2D eigenvalue weighted by molar-refractivity contribution is 5.12. The van der Waals surface area contributed by atoms with E-state index in [-0.39, 0.29) is 11.6 Å². The maximum absolute atomic E-state index is 6.58. The predicted molar refractivity (Wildman–Crippen MR) is 80.7 cm³/mol. The Kier molecular flexibility index (Phi) is 4.83. The lowest BCUT2D eigenvalue weighted by Gasteiger charge is -2.46. The molecule has 1 saturated heterocycles. The first-order valence-corrected chi connectivity index (χ1v) is 7.55. The van der Waals surface area contributed by atoms with E-state index < -0.39 is 0 Å². The Morgan fingerprint density at radius 2 is 2.10 bits per heavy atom. The van der Waals surface area contributed by atoms with Gasteiger partial charge >= 0.3 is 0 Å². The van der Waals surface area contributed by atoms with Crippen LogP contribution in [0, 0.1) is 6.92 Å². The highest BCUT2D eigenvalue weighted by atomic mass is 16.5. The first kappa shape index (κ1) is 15.5. The Morgan fingerprint density at radius 1 is 1.45 bits per heavy atom. The summed E-state index contributed by atoms with van der Waals surface area (Å²) in [4.78, 5) is 2.49. The minimum Gasteiger partial charge on any atom is -0.379 e. The molecule has 0 radical (unpaired) electrons. The molecule has 0 amide bonds. The molecule has 0 aliphatic carbocycles. The monoisotopic (exact) mass is 280 g/mol. The average molecular weight is 280 g/mol. The van der Waals surface area contributed by atoms with Crippen LogP contribution in [0.15, 0.2) is 6.07 Å². The largest absolute Gasteiger partial charge is 0.379 e. The van der Waals surface area contributed by atoms with E-state index in [0.717, 1.165) is 44.8 Å². The minimum atomic E-state index is 0.0158. The fraction of sp³-hybridized carbons (Fsp3) is 0.800. The Labute approximate surface area is 122 Å². The fourth-order valence-corrected chi connectivity index (χ4v) is 3.09. The van der Waals surface area contributed by atoms with Crippen LogP contribution < -0.4 is 5.73 Å². The highest BCUT2D eigenvalue weighted by Crippen LogP contribution is 2.26. The van der Waals surface area contributed by atoms with E-state index in [0.29, 0.717) is 0 Å². The van der Waals surface area contributed by atoms with E-state index in [2.05, 4.69) is 29.9 Å². The van der Waals surface area contributed by atoms with Gasteiger partial charge in [-0.1, -0.05) is 6.92 Å². The molecule has 0 saturated carbocycles. The molecule has 2 N–H and O–H groups in total. The van der Waals surface area contributed by atoms with Crippen molar-refractivity contribution in [1.82, 2.24) is 14.7 Å². The number of morpholine rings is 1. The third-order valence-electron chi connectivity index (χ3n) is 4.78. The van der Waals surface area contributed by atoms with Crippen LogP contribution in [0.1, 0.15) is 31.7 Å². The summed E-state index contributed by atoms with van der Waals surface area (Å²) in [7, 11) is 1.99. The van der Waals surface area contributed by atoms with Gasteiger partial charge in [0.25, 0.3) is 0 Å². The van der Waals surface area contributed by atoms with Crippen LogP contribution in [0.4, 0.5) is 0 Å². The predicted octanol–water partition coefficient (Wildman–Crippen LogP) is 1.10. The average Bonchev–Trinajstić information content (AvgIpc) is 2.76. The van der Waals surface area contributed by atoms with E-state index in [1.165, 1.54) is 5.69 Å². The van der Waals surface area contributed by atoms with Crippen molar-refractivity contribution in [2.75, 3.05) is 26.3 Å². The second-order valence-corrected chi connectivity index (χ2v) is 6.02. The van der Waals surface area contributed by atoms with Crippen molar-refractivity contribution in [2.24, 2.45) is 12.8 Å². The highest BCUT2D eigenvalue weighted by Gasteiger charge is 2.37. The van der Waals surface area contributed by atoms with Gasteiger partial charge in [-0.25, -0.2) is 0 Å². The first-order chi connectivity index (χ1) is 9.47. The second kappa shape index (κ2) is 6.24. The zero-order chi connectivity index (χ0) is 14.8. The van der Waals surface area contributed by atoms with Crippen LogP contribution in [0.2, 0.25) is 0 Å². The van der Waals surface area contributed by atoms with Gasteiger partial charge in [-0.05, 0) is 26.3 Å². The maximum atomic E-state index is 6.58. The molecular formula is C15H28N4O. The molecule has 114 valence electrons. The Morgan fingerprint density at radius 3 is 2.60 bits per heavy atom. The normalized spacial score (nSPS) is 21.6. The molecule has 0 spiro atoms. The fourth-order valence-electron chi connectivity index (χ4n) is 3.09. The van der Waals surface area contributed by atoms with Gasteiger partial charge in [0.15, 0.2) is 0 Å². The van der Waals surface area contributed by atoms with Crippen molar-refractivity contribution in [1.29, 1.82) is 0 Å². The Hall–Kier alpha value is -0.910. The Bertz CT molecular complexity index is 439. The van der Waals surface area contributed by atoms with Crippen LogP contribution in [0.25, 0.3) is 0 Å². The molecule has 20 heavy (non-hydrogen) atoms. The quantitative estimate of drug-likeness (QED) is 0.877. The topological polar surface area (TPSA) is 56.3 Å². The molecule has 2 unspecified atom stereocenters. The van der Waals surface area contributed by atoms with Crippen molar-refractivity contribution < 1.29 is 4.74 Å². The van der Waals surface area contributed by atoms with Crippen LogP contribution in [0.5, 0.6) is 0 Å². The van der Waals surface area contributed by atoms with Gasteiger partial charge in [0, 0.05) is 43.8 Å². The van der Waals surface area contributed by atoms with Crippen molar-refractivity contribution in [2.45, 2.75) is 45.2 Å². The van der Waals surface area contributed by atoms with E-state index in [9.17, 15) is 0 Å². The third-order valence-corrected chi connectivity index (χ3v) is 4.78. The summed E-state index contributed by atoms with van der Waals surface area (Å²) < 4.78 is 7.41.